The standard InChI is InChI=1S/C9H11NO6S/c10-6(9(12)13)3-5-1-2-7(11)8(4-5)17(14,15)16/h1-2,4,6,11H,3,10H2,(H,12,13)(H,14,15,16)/t6-/m0/s1. The van der Waals surface area contributed by atoms with Crippen LogP contribution in [0.2, 0.25) is 0 Å². The molecule has 0 bridgehead atoms. The van der Waals surface area contributed by atoms with Crippen molar-refractivity contribution in [3.63, 3.8) is 0 Å². The number of phenolic OH excluding ortho intramolecular Hbond substituents is 1. The molecular formula is C9H11NO6S. The predicted octanol–water partition coefficient (Wildman–Crippen LogP) is -0.407. The second-order valence-corrected chi connectivity index (χ2v) is 4.82. The summed E-state index contributed by atoms with van der Waals surface area (Å²) in [5.74, 6) is -1.84. The van der Waals surface area contributed by atoms with Gasteiger partial charge in [0.15, 0.2) is 0 Å². The molecule has 1 atom stereocenters. The van der Waals surface area contributed by atoms with Gasteiger partial charge in [-0.05, 0) is 24.1 Å². The van der Waals surface area contributed by atoms with Gasteiger partial charge in [-0.25, -0.2) is 0 Å². The van der Waals surface area contributed by atoms with E-state index in [9.17, 15) is 18.3 Å². The van der Waals surface area contributed by atoms with Gasteiger partial charge >= 0.3 is 5.97 Å². The summed E-state index contributed by atoms with van der Waals surface area (Å²) >= 11 is 0. The SMILES string of the molecule is N[C@@H](Cc1ccc(O)c(S(=O)(=O)O)c1)C(=O)O. The molecule has 0 aliphatic heterocycles. The fraction of sp³-hybridized carbons (Fsp3) is 0.222. The zero-order valence-electron chi connectivity index (χ0n) is 8.57. The van der Waals surface area contributed by atoms with Crippen molar-refractivity contribution in [2.45, 2.75) is 17.4 Å². The van der Waals surface area contributed by atoms with Crippen molar-refractivity contribution < 1.29 is 28.0 Å². The molecule has 8 heteroatoms. The van der Waals surface area contributed by atoms with Crippen LogP contribution in [0.5, 0.6) is 5.75 Å². The van der Waals surface area contributed by atoms with Gasteiger partial charge < -0.3 is 15.9 Å². The molecule has 94 valence electrons. The maximum absolute atomic E-state index is 10.9. The normalized spacial score (nSPS) is 13.3. The van der Waals surface area contributed by atoms with Crippen molar-refractivity contribution in [3.05, 3.63) is 23.8 Å². The maximum atomic E-state index is 10.9. The fourth-order valence-corrected chi connectivity index (χ4v) is 1.87. The smallest absolute Gasteiger partial charge is 0.320 e. The summed E-state index contributed by atoms with van der Waals surface area (Å²) in [6.07, 6.45) is -0.113. The van der Waals surface area contributed by atoms with Crippen molar-refractivity contribution in [2.75, 3.05) is 0 Å². The van der Waals surface area contributed by atoms with Crippen LogP contribution < -0.4 is 5.73 Å². The topological polar surface area (TPSA) is 138 Å². The number of rotatable bonds is 4. The van der Waals surface area contributed by atoms with E-state index in [1.165, 1.54) is 6.07 Å². The maximum Gasteiger partial charge on any atom is 0.320 e. The summed E-state index contributed by atoms with van der Waals surface area (Å²) < 4.78 is 30.5. The Balaban J connectivity index is 3.10. The van der Waals surface area contributed by atoms with E-state index in [1.54, 1.807) is 0 Å². The third-order valence-corrected chi connectivity index (χ3v) is 2.96. The first-order chi connectivity index (χ1) is 7.71. The molecule has 0 amide bonds. The monoisotopic (exact) mass is 261 g/mol. The van der Waals surface area contributed by atoms with Crippen molar-refractivity contribution in [1.29, 1.82) is 0 Å². The minimum Gasteiger partial charge on any atom is -0.506 e. The molecule has 0 aliphatic rings. The Morgan fingerprint density at radius 2 is 2.00 bits per heavy atom. The van der Waals surface area contributed by atoms with Crippen LogP contribution in [0.3, 0.4) is 0 Å². The van der Waals surface area contributed by atoms with Gasteiger partial charge in [0, 0.05) is 0 Å². The van der Waals surface area contributed by atoms with E-state index < -0.39 is 32.8 Å². The summed E-state index contributed by atoms with van der Waals surface area (Å²) in [4.78, 5) is 9.84. The zero-order chi connectivity index (χ0) is 13.2. The van der Waals surface area contributed by atoms with Crippen LogP contribution in [0.25, 0.3) is 0 Å². The predicted molar refractivity (Wildman–Crippen MR) is 57.2 cm³/mol. The largest absolute Gasteiger partial charge is 0.506 e. The van der Waals surface area contributed by atoms with Gasteiger partial charge in [0.1, 0.15) is 16.7 Å². The first-order valence-electron chi connectivity index (χ1n) is 4.49. The molecule has 5 N–H and O–H groups in total. The van der Waals surface area contributed by atoms with Crippen molar-refractivity contribution in [3.8, 4) is 5.75 Å². The molecule has 0 saturated carbocycles. The Kier molecular flexibility index (Phi) is 3.71. The van der Waals surface area contributed by atoms with E-state index in [4.69, 9.17) is 15.4 Å². The van der Waals surface area contributed by atoms with E-state index >= 15 is 0 Å². The average Bonchev–Trinajstić information content (AvgIpc) is 2.19. The van der Waals surface area contributed by atoms with Gasteiger partial charge in [0.25, 0.3) is 10.1 Å². The van der Waals surface area contributed by atoms with E-state index in [2.05, 4.69) is 0 Å². The molecule has 0 unspecified atom stereocenters. The Morgan fingerprint density at radius 1 is 1.41 bits per heavy atom. The number of hydrogen-bond donors (Lipinski definition) is 4. The van der Waals surface area contributed by atoms with Gasteiger partial charge in [-0.1, -0.05) is 6.07 Å². The molecule has 1 aromatic rings. The lowest BCUT2D eigenvalue weighted by atomic mass is 10.1. The highest BCUT2D eigenvalue weighted by atomic mass is 32.2. The molecule has 0 fully saturated rings. The molecule has 0 spiro atoms. The van der Waals surface area contributed by atoms with Gasteiger partial charge in [-0.2, -0.15) is 8.42 Å². The first kappa shape index (κ1) is 13.4. The number of nitrogens with two attached hydrogens (primary N) is 1. The Morgan fingerprint density at radius 3 is 2.47 bits per heavy atom. The summed E-state index contributed by atoms with van der Waals surface area (Å²) in [6, 6.07) is 2.17. The Bertz CT molecular complexity index is 538. The van der Waals surface area contributed by atoms with E-state index in [-0.39, 0.29) is 12.0 Å². The quantitative estimate of drug-likeness (QED) is 0.540. The summed E-state index contributed by atoms with van der Waals surface area (Å²) in [6.45, 7) is 0. The van der Waals surface area contributed by atoms with Crippen LogP contribution in [-0.4, -0.2) is 35.2 Å². The summed E-state index contributed by atoms with van der Waals surface area (Å²) in [7, 11) is -4.55. The summed E-state index contributed by atoms with van der Waals surface area (Å²) in [5, 5.41) is 17.8. The van der Waals surface area contributed by atoms with Crippen LogP contribution in [0.1, 0.15) is 5.56 Å². The number of carboxylic acid groups (broad SMARTS) is 1. The molecule has 0 saturated heterocycles. The molecule has 0 aromatic heterocycles. The lowest BCUT2D eigenvalue weighted by Gasteiger charge is -2.08. The van der Waals surface area contributed by atoms with Crippen molar-refractivity contribution in [1.82, 2.24) is 0 Å². The van der Waals surface area contributed by atoms with E-state index in [0.29, 0.717) is 0 Å². The molecule has 17 heavy (non-hydrogen) atoms. The van der Waals surface area contributed by atoms with Gasteiger partial charge in [-0.3, -0.25) is 9.35 Å². The van der Waals surface area contributed by atoms with Crippen molar-refractivity contribution in [2.24, 2.45) is 5.73 Å². The molecular weight excluding hydrogens is 250 g/mol. The van der Waals surface area contributed by atoms with Crippen LogP contribution in [0.4, 0.5) is 0 Å². The van der Waals surface area contributed by atoms with Crippen LogP contribution in [-0.2, 0) is 21.3 Å². The third kappa shape index (κ3) is 3.41. The highest BCUT2D eigenvalue weighted by Gasteiger charge is 2.18. The molecule has 1 aromatic carbocycles. The van der Waals surface area contributed by atoms with Gasteiger partial charge in [0.2, 0.25) is 0 Å². The lowest BCUT2D eigenvalue weighted by Crippen LogP contribution is -2.32. The minimum atomic E-state index is -4.55. The number of aliphatic carboxylic acids is 1. The number of aromatic hydroxyl groups is 1. The second kappa shape index (κ2) is 4.70. The van der Waals surface area contributed by atoms with Gasteiger partial charge in [-0.15, -0.1) is 0 Å². The third-order valence-electron chi connectivity index (χ3n) is 2.07. The molecule has 1 rings (SSSR count). The lowest BCUT2D eigenvalue weighted by molar-refractivity contribution is -0.138. The highest BCUT2D eigenvalue weighted by molar-refractivity contribution is 7.86. The number of carbonyl (C=O) groups is 1. The highest BCUT2D eigenvalue weighted by Crippen LogP contribution is 2.23. The molecule has 0 heterocycles. The molecule has 0 aliphatic carbocycles. The number of carboxylic acids is 1. The Labute approximate surface area is 97.2 Å². The summed E-state index contributed by atoms with van der Waals surface area (Å²) in [5.41, 5.74) is 5.55. The molecule has 7 nitrogen and oxygen atoms in total. The first-order valence-corrected chi connectivity index (χ1v) is 5.93. The van der Waals surface area contributed by atoms with Crippen LogP contribution >= 0.6 is 0 Å². The van der Waals surface area contributed by atoms with E-state index in [0.717, 1.165) is 12.1 Å². The Hall–Kier alpha value is -1.64. The fourth-order valence-electron chi connectivity index (χ4n) is 1.23. The number of hydrogen-bond acceptors (Lipinski definition) is 5. The molecule has 0 radical (unpaired) electrons. The zero-order valence-corrected chi connectivity index (χ0v) is 9.38. The number of phenols is 1. The van der Waals surface area contributed by atoms with E-state index in [1.807, 2.05) is 0 Å². The number of benzene rings is 1. The van der Waals surface area contributed by atoms with Crippen LogP contribution in [0, 0.1) is 0 Å². The van der Waals surface area contributed by atoms with Crippen LogP contribution in [0.15, 0.2) is 23.1 Å². The average molecular weight is 261 g/mol. The second-order valence-electron chi connectivity index (χ2n) is 3.43. The van der Waals surface area contributed by atoms with Crippen molar-refractivity contribution >= 4 is 16.1 Å². The van der Waals surface area contributed by atoms with Gasteiger partial charge in [0.05, 0.1) is 0 Å². The minimum absolute atomic E-state index is 0.113.